The lowest BCUT2D eigenvalue weighted by atomic mass is 10.2. The summed E-state index contributed by atoms with van der Waals surface area (Å²) in [4.78, 5) is 11.5. The van der Waals surface area contributed by atoms with E-state index in [2.05, 4.69) is 14.6 Å². The van der Waals surface area contributed by atoms with Crippen molar-refractivity contribution in [1.29, 1.82) is 0 Å². The molecule has 0 fully saturated rings. The molecule has 1 aromatic heterocycles. The maximum Gasteiger partial charge on any atom is 0.337 e. The molecule has 1 aromatic carbocycles. The van der Waals surface area contributed by atoms with Crippen molar-refractivity contribution in [2.75, 3.05) is 7.11 Å². The summed E-state index contributed by atoms with van der Waals surface area (Å²) in [7, 11) is -2.48. The standard InChI is InChI=1S/C14H17N3O4S/c1-11(10-17-8-4-7-15-17)16-22(19,20)13-6-3-5-12(9-13)14(18)21-2/h3-9,11,16H,10H2,1-2H3. The van der Waals surface area contributed by atoms with E-state index >= 15 is 0 Å². The number of carbonyl (C=O) groups is 1. The molecule has 0 aliphatic rings. The van der Waals surface area contributed by atoms with Gasteiger partial charge in [0.15, 0.2) is 0 Å². The fourth-order valence-electron chi connectivity index (χ4n) is 1.97. The Hall–Kier alpha value is -2.19. The molecule has 0 saturated carbocycles. The molecule has 1 N–H and O–H groups in total. The Labute approximate surface area is 129 Å². The summed E-state index contributed by atoms with van der Waals surface area (Å²) < 4.78 is 33.5. The fourth-order valence-corrected chi connectivity index (χ4v) is 3.25. The minimum Gasteiger partial charge on any atom is -0.465 e. The Bertz CT molecular complexity index is 741. The van der Waals surface area contributed by atoms with Gasteiger partial charge in [0.1, 0.15) is 0 Å². The van der Waals surface area contributed by atoms with Crippen LogP contribution in [-0.2, 0) is 21.3 Å². The maximum absolute atomic E-state index is 12.3. The van der Waals surface area contributed by atoms with Crippen molar-refractivity contribution in [3.05, 3.63) is 48.3 Å². The van der Waals surface area contributed by atoms with E-state index in [1.54, 1.807) is 30.1 Å². The highest BCUT2D eigenvalue weighted by Gasteiger charge is 2.19. The molecule has 7 nitrogen and oxygen atoms in total. The highest BCUT2D eigenvalue weighted by atomic mass is 32.2. The molecule has 0 aliphatic carbocycles. The first-order chi connectivity index (χ1) is 10.4. The predicted octanol–water partition coefficient (Wildman–Crippen LogP) is 1.04. The van der Waals surface area contributed by atoms with Gasteiger partial charge >= 0.3 is 5.97 Å². The molecular formula is C14H17N3O4S. The van der Waals surface area contributed by atoms with Gasteiger partial charge in [-0.1, -0.05) is 6.07 Å². The average Bonchev–Trinajstić information content (AvgIpc) is 2.98. The van der Waals surface area contributed by atoms with Gasteiger partial charge in [0.25, 0.3) is 0 Å². The number of sulfonamides is 1. The van der Waals surface area contributed by atoms with Crippen molar-refractivity contribution in [2.24, 2.45) is 0 Å². The molecule has 0 amide bonds. The Morgan fingerprint density at radius 1 is 1.41 bits per heavy atom. The molecule has 22 heavy (non-hydrogen) atoms. The first-order valence-electron chi connectivity index (χ1n) is 6.60. The molecule has 8 heteroatoms. The summed E-state index contributed by atoms with van der Waals surface area (Å²) in [5.41, 5.74) is 0.185. The molecule has 1 atom stereocenters. The van der Waals surface area contributed by atoms with E-state index in [4.69, 9.17) is 0 Å². The predicted molar refractivity (Wildman–Crippen MR) is 79.8 cm³/mol. The van der Waals surface area contributed by atoms with Crippen LogP contribution in [0.4, 0.5) is 0 Å². The minimum atomic E-state index is -3.73. The van der Waals surface area contributed by atoms with Crippen molar-refractivity contribution in [1.82, 2.24) is 14.5 Å². The number of rotatable bonds is 6. The number of nitrogens with zero attached hydrogens (tertiary/aromatic N) is 2. The van der Waals surface area contributed by atoms with Gasteiger partial charge in [-0.25, -0.2) is 17.9 Å². The number of esters is 1. The third kappa shape index (κ3) is 3.92. The van der Waals surface area contributed by atoms with Crippen LogP contribution >= 0.6 is 0 Å². The first kappa shape index (κ1) is 16.2. The van der Waals surface area contributed by atoms with Crippen LogP contribution in [0.1, 0.15) is 17.3 Å². The van der Waals surface area contributed by atoms with Gasteiger partial charge in [0.2, 0.25) is 10.0 Å². The van der Waals surface area contributed by atoms with Crippen LogP contribution in [0, 0.1) is 0 Å². The zero-order chi connectivity index (χ0) is 16.2. The van der Waals surface area contributed by atoms with Crippen molar-refractivity contribution in [2.45, 2.75) is 24.4 Å². The van der Waals surface area contributed by atoms with E-state index < -0.39 is 16.0 Å². The third-order valence-corrected chi connectivity index (χ3v) is 4.53. The molecule has 0 spiro atoms. The number of hydrogen-bond donors (Lipinski definition) is 1. The zero-order valence-corrected chi connectivity index (χ0v) is 13.1. The minimum absolute atomic E-state index is 0.0164. The molecule has 2 aromatic rings. The maximum atomic E-state index is 12.3. The summed E-state index contributed by atoms with van der Waals surface area (Å²) in [5.74, 6) is -0.582. The van der Waals surface area contributed by atoms with Crippen LogP contribution in [0.15, 0.2) is 47.6 Å². The third-order valence-electron chi connectivity index (χ3n) is 2.94. The molecule has 118 valence electrons. The van der Waals surface area contributed by atoms with Gasteiger partial charge in [-0.05, 0) is 31.2 Å². The van der Waals surface area contributed by atoms with Gasteiger partial charge in [0.05, 0.1) is 24.1 Å². The number of aromatic nitrogens is 2. The summed E-state index contributed by atoms with van der Waals surface area (Å²) in [5, 5.41) is 4.03. The summed E-state index contributed by atoms with van der Waals surface area (Å²) in [6.07, 6.45) is 3.38. The Morgan fingerprint density at radius 2 is 2.18 bits per heavy atom. The van der Waals surface area contributed by atoms with Crippen LogP contribution in [0.2, 0.25) is 0 Å². The summed E-state index contributed by atoms with van der Waals surface area (Å²) in [6, 6.07) is 7.12. The van der Waals surface area contributed by atoms with Gasteiger partial charge in [-0.2, -0.15) is 5.10 Å². The molecule has 1 heterocycles. The Kier molecular flexibility index (Phi) is 4.94. The van der Waals surface area contributed by atoms with E-state index in [1.807, 2.05) is 0 Å². The van der Waals surface area contributed by atoms with Crippen LogP contribution in [-0.4, -0.2) is 37.3 Å². The molecule has 2 rings (SSSR count). The smallest absolute Gasteiger partial charge is 0.337 e. The molecule has 0 radical (unpaired) electrons. The summed E-state index contributed by atoms with van der Waals surface area (Å²) in [6.45, 7) is 2.15. The average molecular weight is 323 g/mol. The lowest BCUT2D eigenvalue weighted by Crippen LogP contribution is -2.35. The molecule has 0 aliphatic heterocycles. The number of carbonyl (C=O) groups excluding carboxylic acids is 1. The van der Waals surface area contributed by atoms with Crippen LogP contribution < -0.4 is 4.72 Å². The number of ether oxygens (including phenoxy) is 1. The van der Waals surface area contributed by atoms with Gasteiger partial charge in [-0.3, -0.25) is 4.68 Å². The number of methoxy groups -OCH3 is 1. The SMILES string of the molecule is COC(=O)c1cccc(S(=O)(=O)NC(C)Cn2cccn2)c1. The van der Waals surface area contributed by atoms with Crippen molar-refractivity contribution >= 4 is 16.0 Å². The van der Waals surface area contributed by atoms with Crippen LogP contribution in [0.25, 0.3) is 0 Å². The van der Waals surface area contributed by atoms with Gasteiger partial charge < -0.3 is 4.74 Å². The topological polar surface area (TPSA) is 90.3 Å². The normalized spacial score (nSPS) is 12.8. The molecular weight excluding hydrogens is 306 g/mol. The summed E-state index contributed by atoms with van der Waals surface area (Å²) >= 11 is 0. The zero-order valence-electron chi connectivity index (χ0n) is 12.3. The largest absolute Gasteiger partial charge is 0.465 e. The van der Waals surface area contributed by atoms with E-state index in [1.165, 1.54) is 31.4 Å². The molecule has 0 bridgehead atoms. The Balaban J connectivity index is 2.14. The number of hydrogen-bond acceptors (Lipinski definition) is 5. The monoisotopic (exact) mass is 323 g/mol. The molecule has 1 unspecified atom stereocenters. The molecule has 0 saturated heterocycles. The van der Waals surface area contributed by atoms with Gasteiger partial charge in [0, 0.05) is 18.4 Å². The second-order valence-electron chi connectivity index (χ2n) is 4.77. The van der Waals surface area contributed by atoms with Crippen molar-refractivity contribution in [3.8, 4) is 0 Å². The van der Waals surface area contributed by atoms with E-state index in [0.29, 0.717) is 6.54 Å². The van der Waals surface area contributed by atoms with Crippen molar-refractivity contribution in [3.63, 3.8) is 0 Å². The second-order valence-corrected chi connectivity index (χ2v) is 6.48. The number of benzene rings is 1. The van der Waals surface area contributed by atoms with E-state index in [-0.39, 0.29) is 16.5 Å². The lowest BCUT2D eigenvalue weighted by molar-refractivity contribution is 0.0600. The van der Waals surface area contributed by atoms with Crippen LogP contribution in [0.3, 0.4) is 0 Å². The highest BCUT2D eigenvalue weighted by molar-refractivity contribution is 7.89. The second kappa shape index (κ2) is 6.71. The quantitative estimate of drug-likeness (QED) is 0.802. The fraction of sp³-hybridized carbons (Fsp3) is 0.286. The van der Waals surface area contributed by atoms with Gasteiger partial charge in [-0.15, -0.1) is 0 Å². The first-order valence-corrected chi connectivity index (χ1v) is 8.09. The van der Waals surface area contributed by atoms with E-state index in [9.17, 15) is 13.2 Å². The van der Waals surface area contributed by atoms with Crippen molar-refractivity contribution < 1.29 is 17.9 Å². The van der Waals surface area contributed by atoms with E-state index in [0.717, 1.165) is 0 Å². The lowest BCUT2D eigenvalue weighted by Gasteiger charge is -2.14. The van der Waals surface area contributed by atoms with Crippen LogP contribution in [0.5, 0.6) is 0 Å². The Morgan fingerprint density at radius 3 is 2.82 bits per heavy atom. The number of nitrogens with one attached hydrogen (secondary N) is 1. The highest BCUT2D eigenvalue weighted by Crippen LogP contribution is 2.13.